The van der Waals surface area contributed by atoms with Crippen molar-refractivity contribution >= 4 is 5.69 Å². The molecule has 0 heterocycles. The van der Waals surface area contributed by atoms with Crippen LogP contribution in [0.5, 0.6) is 5.75 Å². The number of hydrogen-bond acceptors (Lipinski definition) is 2. The Morgan fingerprint density at radius 3 is 2.67 bits per heavy atom. The Morgan fingerprint density at radius 1 is 1.17 bits per heavy atom. The van der Waals surface area contributed by atoms with Gasteiger partial charge in [0, 0.05) is 11.8 Å². The maximum absolute atomic E-state index is 13.6. The molecule has 0 amide bonds. The van der Waals surface area contributed by atoms with Crippen LogP contribution in [-0.2, 0) is 6.61 Å². The summed E-state index contributed by atoms with van der Waals surface area (Å²) in [5.74, 6) is -0.186. The third kappa shape index (κ3) is 2.80. The van der Waals surface area contributed by atoms with Crippen molar-refractivity contribution < 1.29 is 9.13 Å². The van der Waals surface area contributed by atoms with Gasteiger partial charge in [-0.3, -0.25) is 0 Å². The lowest BCUT2D eigenvalue weighted by Gasteiger charge is -2.10. The van der Waals surface area contributed by atoms with Crippen LogP contribution in [0.4, 0.5) is 10.1 Å². The smallest absolute Gasteiger partial charge is 0.167 e. The van der Waals surface area contributed by atoms with Crippen molar-refractivity contribution in [2.24, 2.45) is 0 Å². The van der Waals surface area contributed by atoms with E-state index >= 15 is 0 Å². The number of aryl methyl sites for hydroxylation is 2. The van der Waals surface area contributed by atoms with Gasteiger partial charge in [0.15, 0.2) is 11.6 Å². The molecule has 2 nitrogen and oxygen atoms in total. The molecule has 2 aromatic rings. The Morgan fingerprint density at radius 2 is 1.94 bits per heavy atom. The molecule has 2 aromatic carbocycles. The van der Waals surface area contributed by atoms with Crippen LogP contribution >= 0.6 is 0 Å². The molecule has 0 aliphatic heterocycles. The largest absolute Gasteiger partial charge is 0.486 e. The van der Waals surface area contributed by atoms with Gasteiger partial charge >= 0.3 is 0 Å². The lowest BCUT2D eigenvalue weighted by molar-refractivity contribution is 0.290. The van der Waals surface area contributed by atoms with Gasteiger partial charge in [0.2, 0.25) is 0 Å². The van der Waals surface area contributed by atoms with Crippen LogP contribution in [0, 0.1) is 19.7 Å². The van der Waals surface area contributed by atoms with Crippen molar-refractivity contribution in [2.45, 2.75) is 20.5 Å². The van der Waals surface area contributed by atoms with E-state index in [0.717, 1.165) is 16.7 Å². The molecular formula is C15H16FNO. The molecular weight excluding hydrogens is 229 g/mol. The summed E-state index contributed by atoms with van der Waals surface area (Å²) in [6.45, 7) is 4.19. The molecule has 0 spiro atoms. The minimum absolute atomic E-state index is 0.239. The second-order valence-electron chi connectivity index (χ2n) is 4.42. The van der Waals surface area contributed by atoms with Crippen LogP contribution in [0.1, 0.15) is 16.7 Å². The number of anilines is 1. The van der Waals surface area contributed by atoms with Crippen LogP contribution in [0.25, 0.3) is 0 Å². The molecule has 0 bridgehead atoms. The maximum Gasteiger partial charge on any atom is 0.167 e. The molecule has 0 saturated carbocycles. The predicted octanol–water partition coefficient (Wildman–Crippen LogP) is 3.60. The quantitative estimate of drug-likeness (QED) is 0.838. The molecule has 0 aromatic heterocycles. The SMILES string of the molecule is Cc1cccc(COc2cc(C)c(N)cc2F)c1. The highest BCUT2D eigenvalue weighted by Crippen LogP contribution is 2.24. The van der Waals surface area contributed by atoms with Gasteiger partial charge in [0.05, 0.1) is 0 Å². The molecule has 0 aliphatic carbocycles. The van der Waals surface area contributed by atoms with E-state index in [0.29, 0.717) is 12.3 Å². The zero-order valence-electron chi connectivity index (χ0n) is 10.5. The summed E-state index contributed by atoms with van der Waals surface area (Å²) in [4.78, 5) is 0. The van der Waals surface area contributed by atoms with Crippen molar-refractivity contribution in [3.63, 3.8) is 0 Å². The summed E-state index contributed by atoms with van der Waals surface area (Å²) in [5, 5.41) is 0. The fraction of sp³-hybridized carbons (Fsp3) is 0.200. The average molecular weight is 245 g/mol. The fourth-order valence-corrected chi connectivity index (χ4v) is 1.74. The molecule has 3 heteroatoms. The Balaban J connectivity index is 2.13. The highest BCUT2D eigenvalue weighted by molar-refractivity contribution is 5.50. The summed E-state index contributed by atoms with van der Waals surface area (Å²) in [6.07, 6.45) is 0. The fourth-order valence-electron chi connectivity index (χ4n) is 1.74. The summed E-state index contributed by atoms with van der Waals surface area (Å²) in [5.41, 5.74) is 9.05. The Bertz CT molecular complexity index is 566. The average Bonchev–Trinajstić information content (AvgIpc) is 2.32. The number of rotatable bonds is 3. The van der Waals surface area contributed by atoms with E-state index < -0.39 is 5.82 Å². The monoisotopic (exact) mass is 245 g/mol. The van der Waals surface area contributed by atoms with E-state index in [2.05, 4.69) is 0 Å². The summed E-state index contributed by atoms with van der Waals surface area (Å²) >= 11 is 0. The van der Waals surface area contributed by atoms with Crippen molar-refractivity contribution in [3.8, 4) is 5.75 Å². The molecule has 0 radical (unpaired) electrons. The number of nitrogens with two attached hydrogens (primary N) is 1. The van der Waals surface area contributed by atoms with Gasteiger partial charge in [-0.25, -0.2) is 4.39 Å². The molecule has 94 valence electrons. The summed E-state index contributed by atoms with van der Waals surface area (Å²) < 4.78 is 19.1. The van der Waals surface area contributed by atoms with E-state index in [1.165, 1.54) is 6.07 Å². The maximum atomic E-state index is 13.6. The third-order valence-electron chi connectivity index (χ3n) is 2.80. The van der Waals surface area contributed by atoms with Crippen LogP contribution in [0.3, 0.4) is 0 Å². The highest BCUT2D eigenvalue weighted by Gasteiger charge is 2.07. The van der Waals surface area contributed by atoms with E-state index in [9.17, 15) is 4.39 Å². The number of ether oxygens (including phenoxy) is 1. The topological polar surface area (TPSA) is 35.2 Å². The second-order valence-corrected chi connectivity index (χ2v) is 4.42. The van der Waals surface area contributed by atoms with Gasteiger partial charge in [0.25, 0.3) is 0 Å². The lowest BCUT2D eigenvalue weighted by Crippen LogP contribution is -2.00. The van der Waals surface area contributed by atoms with Crippen molar-refractivity contribution in [3.05, 3.63) is 58.9 Å². The Hall–Kier alpha value is -2.03. The first-order valence-electron chi connectivity index (χ1n) is 5.80. The van der Waals surface area contributed by atoms with Gasteiger partial charge in [-0.1, -0.05) is 29.8 Å². The molecule has 0 atom stereocenters. The minimum atomic E-state index is -0.425. The van der Waals surface area contributed by atoms with Crippen LogP contribution in [0.2, 0.25) is 0 Å². The van der Waals surface area contributed by atoms with Gasteiger partial charge in [-0.2, -0.15) is 0 Å². The number of halogens is 1. The third-order valence-corrected chi connectivity index (χ3v) is 2.80. The van der Waals surface area contributed by atoms with E-state index in [-0.39, 0.29) is 5.75 Å². The molecule has 0 fully saturated rings. The summed E-state index contributed by atoms with van der Waals surface area (Å²) in [6, 6.07) is 10.9. The van der Waals surface area contributed by atoms with E-state index in [1.54, 1.807) is 6.07 Å². The molecule has 0 unspecified atom stereocenters. The first kappa shape index (κ1) is 12.4. The van der Waals surface area contributed by atoms with Crippen molar-refractivity contribution in [2.75, 3.05) is 5.73 Å². The second kappa shape index (κ2) is 5.08. The molecule has 18 heavy (non-hydrogen) atoms. The highest BCUT2D eigenvalue weighted by atomic mass is 19.1. The van der Waals surface area contributed by atoms with Gasteiger partial charge in [-0.15, -0.1) is 0 Å². The Kier molecular flexibility index (Phi) is 3.51. The van der Waals surface area contributed by atoms with Crippen molar-refractivity contribution in [1.29, 1.82) is 0 Å². The van der Waals surface area contributed by atoms with Crippen molar-refractivity contribution in [1.82, 2.24) is 0 Å². The van der Waals surface area contributed by atoms with Gasteiger partial charge in [-0.05, 0) is 31.0 Å². The number of hydrogen-bond donors (Lipinski definition) is 1. The number of benzene rings is 2. The zero-order valence-corrected chi connectivity index (χ0v) is 10.5. The molecule has 0 saturated heterocycles. The van der Waals surface area contributed by atoms with E-state index in [4.69, 9.17) is 10.5 Å². The van der Waals surface area contributed by atoms with Crippen LogP contribution < -0.4 is 10.5 Å². The number of nitrogen functional groups attached to an aromatic ring is 1. The molecule has 2 N–H and O–H groups in total. The van der Waals surface area contributed by atoms with Crippen LogP contribution in [-0.4, -0.2) is 0 Å². The first-order chi connectivity index (χ1) is 8.56. The standard InChI is InChI=1S/C15H16FNO/c1-10-4-3-5-12(6-10)9-18-15-7-11(2)14(17)8-13(15)16/h3-8H,9,17H2,1-2H3. The van der Waals surface area contributed by atoms with Gasteiger partial charge in [0.1, 0.15) is 6.61 Å². The lowest BCUT2D eigenvalue weighted by atomic mass is 10.1. The molecule has 0 aliphatic rings. The van der Waals surface area contributed by atoms with E-state index in [1.807, 2.05) is 38.1 Å². The predicted molar refractivity (Wildman–Crippen MR) is 71.1 cm³/mol. The minimum Gasteiger partial charge on any atom is -0.486 e. The zero-order chi connectivity index (χ0) is 13.1. The summed E-state index contributed by atoms with van der Waals surface area (Å²) in [7, 11) is 0. The molecule has 2 rings (SSSR count). The normalized spacial score (nSPS) is 10.4. The Labute approximate surface area is 106 Å². The first-order valence-corrected chi connectivity index (χ1v) is 5.80. The van der Waals surface area contributed by atoms with Crippen LogP contribution in [0.15, 0.2) is 36.4 Å². The van der Waals surface area contributed by atoms with Gasteiger partial charge < -0.3 is 10.5 Å².